The van der Waals surface area contributed by atoms with Crippen LogP contribution in [0.5, 0.6) is 0 Å². The predicted octanol–water partition coefficient (Wildman–Crippen LogP) is -4.12. The fraction of sp³-hybridized carbons (Fsp3) is 1.00. The van der Waals surface area contributed by atoms with Gasteiger partial charge < -0.3 is 10.3 Å². The van der Waals surface area contributed by atoms with Crippen molar-refractivity contribution in [1.29, 1.82) is 0 Å². The summed E-state index contributed by atoms with van der Waals surface area (Å²) in [6.45, 7) is 0.251. The van der Waals surface area contributed by atoms with E-state index in [-0.39, 0.29) is 48.3 Å². The molecule has 0 atom stereocenters. The molecule has 0 radical (unpaired) electrons. The molecule has 9 heavy (non-hydrogen) atoms. The van der Waals surface area contributed by atoms with Crippen molar-refractivity contribution in [3.8, 4) is 0 Å². The molecule has 0 fully saturated rings. The van der Waals surface area contributed by atoms with Crippen molar-refractivity contribution < 1.29 is 42.5 Å². The Morgan fingerprint density at radius 3 is 2.00 bits per heavy atom. The largest absolute Gasteiger partial charge is 1.00 e. The summed E-state index contributed by atoms with van der Waals surface area (Å²) in [5, 5.41) is 0. The van der Waals surface area contributed by atoms with Gasteiger partial charge in [0.2, 0.25) is 0 Å². The van der Waals surface area contributed by atoms with Crippen molar-refractivity contribution in [3.05, 3.63) is 0 Å². The molecule has 0 unspecified atom stereocenters. The molecule has 4 nitrogen and oxygen atoms in total. The van der Waals surface area contributed by atoms with E-state index in [2.05, 4.69) is 0 Å². The van der Waals surface area contributed by atoms with Crippen LogP contribution in [-0.2, 0) is 10.1 Å². The third kappa shape index (κ3) is 12.1. The van der Waals surface area contributed by atoms with Gasteiger partial charge in [-0.3, -0.25) is 0 Å². The molecule has 0 saturated carbocycles. The van der Waals surface area contributed by atoms with Crippen molar-refractivity contribution in [3.63, 3.8) is 0 Å². The molecule has 0 aliphatic carbocycles. The van der Waals surface area contributed by atoms with E-state index in [1.165, 1.54) is 0 Å². The third-order valence-corrected chi connectivity index (χ3v) is 1.39. The Hall–Kier alpha value is 0.870. The van der Waals surface area contributed by atoms with Crippen molar-refractivity contribution >= 4 is 10.1 Å². The molecule has 0 amide bonds. The molecule has 0 aromatic rings. The Morgan fingerprint density at radius 1 is 1.44 bits per heavy atom. The minimum Gasteiger partial charge on any atom is -0.748 e. The van der Waals surface area contributed by atoms with Gasteiger partial charge in [0, 0.05) is 5.75 Å². The van der Waals surface area contributed by atoms with Crippen LogP contribution in [0.3, 0.4) is 0 Å². The molecule has 0 aliphatic rings. The molecule has 2 N–H and O–H groups in total. The maximum absolute atomic E-state index is 9.78. The van der Waals surface area contributed by atoms with Gasteiger partial charge in [-0.15, -0.1) is 0 Å². The second-order valence-electron chi connectivity index (χ2n) is 1.40. The fourth-order valence-corrected chi connectivity index (χ4v) is 0.780. The molecule has 0 spiro atoms. The quantitative estimate of drug-likeness (QED) is 0.337. The fourth-order valence-electron chi connectivity index (χ4n) is 0.260. The Balaban J connectivity index is 0. The normalized spacial score (nSPS) is 10.4. The average molecular weight is 161 g/mol. The maximum atomic E-state index is 9.78. The van der Waals surface area contributed by atoms with Crippen molar-refractivity contribution in [2.24, 2.45) is 5.73 Å². The van der Waals surface area contributed by atoms with Crippen LogP contribution in [0.2, 0.25) is 0 Å². The van der Waals surface area contributed by atoms with Crippen LogP contribution in [0, 0.1) is 0 Å². The van der Waals surface area contributed by atoms with Crippen LogP contribution < -0.4 is 35.3 Å². The Labute approximate surface area is 76.9 Å². The minimum atomic E-state index is -4.02. The van der Waals surface area contributed by atoms with E-state index in [9.17, 15) is 13.0 Å². The molecule has 0 rings (SSSR count). The summed E-state index contributed by atoms with van der Waals surface area (Å²) in [6, 6.07) is 0. The Bertz CT molecular complexity index is 143. The van der Waals surface area contributed by atoms with Crippen molar-refractivity contribution in [2.45, 2.75) is 6.42 Å². The van der Waals surface area contributed by atoms with E-state index < -0.39 is 10.1 Å². The first kappa shape index (κ1) is 12.5. The minimum absolute atomic E-state index is 0. The number of rotatable bonds is 3. The molecular formula is C3H8NNaO3S. The zero-order valence-corrected chi connectivity index (χ0v) is 8.15. The van der Waals surface area contributed by atoms with Gasteiger partial charge in [0.1, 0.15) is 0 Å². The van der Waals surface area contributed by atoms with Crippen LogP contribution in [0.15, 0.2) is 0 Å². The first-order valence-corrected chi connectivity index (χ1v) is 3.77. The average Bonchev–Trinajstić information content (AvgIpc) is 1.59. The van der Waals surface area contributed by atoms with Gasteiger partial charge in [-0.1, -0.05) is 0 Å². The van der Waals surface area contributed by atoms with Gasteiger partial charge in [0.05, 0.1) is 10.1 Å². The van der Waals surface area contributed by atoms with Gasteiger partial charge in [0.25, 0.3) is 0 Å². The molecule has 0 heterocycles. The van der Waals surface area contributed by atoms with E-state index in [0.717, 1.165) is 0 Å². The van der Waals surface area contributed by atoms with E-state index in [1.54, 1.807) is 0 Å². The van der Waals surface area contributed by atoms with Crippen LogP contribution >= 0.6 is 0 Å². The number of hydrogen-bond donors (Lipinski definition) is 1. The molecule has 0 bridgehead atoms. The smallest absolute Gasteiger partial charge is 0.748 e. The zero-order valence-electron chi connectivity index (χ0n) is 5.33. The van der Waals surface area contributed by atoms with Crippen LogP contribution in [0.4, 0.5) is 0 Å². The third-order valence-electron chi connectivity index (χ3n) is 0.598. The summed E-state index contributed by atoms with van der Waals surface area (Å²) >= 11 is 0. The molecule has 0 aromatic heterocycles. The van der Waals surface area contributed by atoms with Gasteiger partial charge in [-0.05, 0) is 13.0 Å². The Kier molecular flexibility index (Phi) is 7.86. The number of nitrogens with two attached hydrogens (primary N) is 1. The second kappa shape index (κ2) is 5.64. The molecular weight excluding hydrogens is 153 g/mol. The predicted molar refractivity (Wildman–Crippen MR) is 28.2 cm³/mol. The SMILES string of the molecule is NCCCS(=O)(=O)[O-].[Na+]. The summed E-state index contributed by atoms with van der Waals surface area (Å²) in [6.07, 6.45) is 0.256. The molecule has 0 saturated heterocycles. The van der Waals surface area contributed by atoms with E-state index in [4.69, 9.17) is 5.73 Å². The number of hydrogen-bond acceptors (Lipinski definition) is 4. The first-order chi connectivity index (χ1) is 3.56. The van der Waals surface area contributed by atoms with Gasteiger partial charge in [-0.25, -0.2) is 8.42 Å². The molecule has 0 aliphatic heterocycles. The van der Waals surface area contributed by atoms with E-state index >= 15 is 0 Å². The topological polar surface area (TPSA) is 83.2 Å². The summed E-state index contributed by atoms with van der Waals surface area (Å²) < 4.78 is 29.3. The van der Waals surface area contributed by atoms with E-state index in [0.29, 0.717) is 0 Å². The zero-order chi connectivity index (χ0) is 6.62. The van der Waals surface area contributed by atoms with Crippen LogP contribution in [-0.4, -0.2) is 25.3 Å². The maximum Gasteiger partial charge on any atom is 1.00 e. The molecule has 0 aromatic carbocycles. The summed E-state index contributed by atoms with van der Waals surface area (Å²) in [4.78, 5) is 0. The van der Waals surface area contributed by atoms with Crippen LogP contribution in [0.1, 0.15) is 6.42 Å². The summed E-state index contributed by atoms with van der Waals surface area (Å²) in [7, 11) is -4.02. The van der Waals surface area contributed by atoms with Crippen molar-refractivity contribution in [1.82, 2.24) is 0 Å². The Morgan fingerprint density at radius 2 is 1.89 bits per heavy atom. The standard InChI is InChI=1S/C3H9NO3S.Na/c4-2-1-3-8(5,6)7;/h1-4H2,(H,5,6,7);/q;+1/p-1. The summed E-state index contributed by atoms with van der Waals surface area (Å²) in [5.74, 6) is -0.344. The van der Waals surface area contributed by atoms with Gasteiger partial charge in [-0.2, -0.15) is 0 Å². The van der Waals surface area contributed by atoms with Gasteiger partial charge >= 0.3 is 29.6 Å². The van der Waals surface area contributed by atoms with Crippen molar-refractivity contribution in [2.75, 3.05) is 12.3 Å². The van der Waals surface area contributed by atoms with E-state index in [1.807, 2.05) is 0 Å². The summed E-state index contributed by atoms with van der Waals surface area (Å²) in [5.41, 5.74) is 4.93. The second-order valence-corrected chi connectivity index (χ2v) is 2.93. The van der Waals surface area contributed by atoms with Gasteiger partial charge in [0.15, 0.2) is 0 Å². The first-order valence-electron chi connectivity index (χ1n) is 2.20. The molecule has 50 valence electrons. The monoisotopic (exact) mass is 161 g/mol. The van der Waals surface area contributed by atoms with Crippen LogP contribution in [0.25, 0.3) is 0 Å². The molecule has 6 heteroatoms.